The van der Waals surface area contributed by atoms with Crippen molar-refractivity contribution in [2.24, 2.45) is 0 Å². The summed E-state index contributed by atoms with van der Waals surface area (Å²) in [6, 6.07) is 7.30. The Kier molecular flexibility index (Phi) is 5.87. The summed E-state index contributed by atoms with van der Waals surface area (Å²) >= 11 is 3.33. The Balaban J connectivity index is 2.33. The number of halogens is 1. The molecule has 4 nitrogen and oxygen atoms in total. The molecule has 1 amide bonds. The summed E-state index contributed by atoms with van der Waals surface area (Å²) < 4.78 is 6.61. The van der Waals surface area contributed by atoms with Crippen molar-refractivity contribution in [3.63, 3.8) is 0 Å². The van der Waals surface area contributed by atoms with E-state index in [1.807, 2.05) is 12.1 Å². The van der Waals surface area contributed by atoms with Gasteiger partial charge in [-0.1, -0.05) is 27.9 Å². The zero-order valence-corrected chi connectivity index (χ0v) is 13.0. The quantitative estimate of drug-likeness (QED) is 0.685. The number of nitrogens with zero attached hydrogens (tertiary/aromatic N) is 1. The van der Waals surface area contributed by atoms with Gasteiger partial charge in [0, 0.05) is 10.2 Å². The lowest BCUT2D eigenvalue weighted by atomic mass is 10.3. The van der Waals surface area contributed by atoms with Crippen molar-refractivity contribution in [1.29, 1.82) is 0 Å². The molecule has 1 aromatic rings. The van der Waals surface area contributed by atoms with Gasteiger partial charge in [-0.25, -0.2) is 4.79 Å². The summed E-state index contributed by atoms with van der Waals surface area (Å²) in [6.07, 6.45) is -0.502. The van der Waals surface area contributed by atoms with Crippen molar-refractivity contribution in [3.8, 4) is 11.8 Å². The lowest BCUT2D eigenvalue weighted by Crippen LogP contribution is -2.34. The third kappa shape index (κ3) is 7.50. The minimum Gasteiger partial charge on any atom is -0.436 e. The molecular formula is C14H18BrN2O2+. The Morgan fingerprint density at radius 3 is 2.74 bits per heavy atom. The summed E-state index contributed by atoms with van der Waals surface area (Å²) in [4.78, 5) is 11.5. The zero-order valence-electron chi connectivity index (χ0n) is 11.4. The van der Waals surface area contributed by atoms with E-state index < -0.39 is 6.09 Å². The average molecular weight is 326 g/mol. The van der Waals surface area contributed by atoms with E-state index >= 15 is 0 Å². The van der Waals surface area contributed by atoms with Gasteiger partial charge < -0.3 is 9.22 Å². The lowest BCUT2D eigenvalue weighted by molar-refractivity contribution is -0.862. The van der Waals surface area contributed by atoms with Crippen LogP contribution in [0.5, 0.6) is 0 Å². The molecule has 0 radical (unpaired) electrons. The summed E-state index contributed by atoms with van der Waals surface area (Å²) in [5.74, 6) is 5.78. The Morgan fingerprint density at radius 2 is 2.11 bits per heavy atom. The maximum atomic E-state index is 11.5. The molecule has 1 aromatic carbocycles. The van der Waals surface area contributed by atoms with Crippen LogP contribution < -0.4 is 5.32 Å². The van der Waals surface area contributed by atoms with Crippen molar-refractivity contribution in [2.75, 3.05) is 39.6 Å². The van der Waals surface area contributed by atoms with E-state index in [-0.39, 0.29) is 6.61 Å². The first kappa shape index (κ1) is 15.5. The maximum Gasteiger partial charge on any atom is 0.412 e. The van der Waals surface area contributed by atoms with E-state index in [2.05, 4.69) is 54.2 Å². The van der Waals surface area contributed by atoms with Crippen LogP contribution in [0.2, 0.25) is 0 Å². The van der Waals surface area contributed by atoms with E-state index in [1.54, 1.807) is 12.1 Å². The van der Waals surface area contributed by atoms with Crippen LogP contribution in [-0.2, 0) is 4.74 Å². The van der Waals surface area contributed by atoms with Crippen LogP contribution >= 0.6 is 15.9 Å². The number of nitrogens with one attached hydrogen (secondary N) is 1. The molecule has 0 atom stereocenters. The van der Waals surface area contributed by atoms with Gasteiger partial charge >= 0.3 is 6.09 Å². The maximum absolute atomic E-state index is 11.5. The molecule has 0 bridgehead atoms. The molecule has 0 aliphatic rings. The minimum atomic E-state index is -0.502. The van der Waals surface area contributed by atoms with Gasteiger partial charge in [0.2, 0.25) is 0 Å². The van der Waals surface area contributed by atoms with Crippen molar-refractivity contribution >= 4 is 27.7 Å². The molecule has 19 heavy (non-hydrogen) atoms. The van der Waals surface area contributed by atoms with Crippen LogP contribution in [0.1, 0.15) is 0 Å². The smallest absolute Gasteiger partial charge is 0.412 e. The first-order chi connectivity index (χ1) is 8.87. The summed E-state index contributed by atoms with van der Waals surface area (Å²) in [6.45, 7) is 0.816. The highest BCUT2D eigenvalue weighted by Crippen LogP contribution is 2.15. The normalized spacial score (nSPS) is 10.3. The first-order valence-corrected chi connectivity index (χ1v) is 6.62. The third-order valence-electron chi connectivity index (χ3n) is 2.02. The van der Waals surface area contributed by atoms with Crippen molar-refractivity contribution in [3.05, 3.63) is 28.7 Å². The van der Waals surface area contributed by atoms with Crippen LogP contribution in [0.4, 0.5) is 10.5 Å². The van der Waals surface area contributed by atoms with Crippen molar-refractivity contribution in [2.45, 2.75) is 0 Å². The van der Waals surface area contributed by atoms with Crippen LogP contribution in [0, 0.1) is 11.8 Å². The van der Waals surface area contributed by atoms with Gasteiger partial charge in [-0.05, 0) is 24.1 Å². The average Bonchev–Trinajstić information content (AvgIpc) is 2.26. The van der Waals surface area contributed by atoms with Gasteiger partial charge in [-0.3, -0.25) is 5.32 Å². The van der Waals surface area contributed by atoms with E-state index in [0.717, 1.165) is 15.5 Å². The first-order valence-electron chi connectivity index (χ1n) is 5.82. The Morgan fingerprint density at radius 1 is 1.37 bits per heavy atom. The minimum absolute atomic E-state index is 0.0971. The molecule has 0 unspecified atom stereocenters. The molecule has 0 aliphatic heterocycles. The Hall–Kier alpha value is -1.51. The second-order valence-electron chi connectivity index (χ2n) is 5.01. The second-order valence-corrected chi connectivity index (χ2v) is 5.93. The van der Waals surface area contributed by atoms with Gasteiger partial charge in [0.25, 0.3) is 0 Å². The number of benzene rings is 1. The Labute approximate surface area is 122 Å². The highest BCUT2D eigenvalue weighted by molar-refractivity contribution is 9.10. The number of hydrogen-bond donors (Lipinski definition) is 1. The number of rotatable bonds is 3. The number of amides is 1. The molecule has 5 heteroatoms. The molecule has 0 heterocycles. The molecular weight excluding hydrogens is 308 g/mol. The Bertz CT molecular complexity index is 498. The van der Waals surface area contributed by atoms with Gasteiger partial charge in [0.1, 0.15) is 6.54 Å². The van der Waals surface area contributed by atoms with Gasteiger partial charge in [-0.15, -0.1) is 0 Å². The van der Waals surface area contributed by atoms with E-state index in [9.17, 15) is 4.79 Å². The number of ether oxygens (including phenoxy) is 1. The standard InChI is InChI=1S/C14H17BrN2O2/c1-17(2,3)9-4-5-10-19-14(18)16-13-8-6-7-12(15)11-13/h6-8,11H,9-10H2,1-3H3/p+1. The van der Waals surface area contributed by atoms with Crippen LogP contribution in [0.3, 0.4) is 0 Å². The molecule has 1 rings (SSSR count). The molecule has 0 aromatic heterocycles. The summed E-state index contributed by atoms with van der Waals surface area (Å²) in [5, 5.41) is 2.63. The number of quaternary nitrogens is 1. The topological polar surface area (TPSA) is 38.3 Å². The van der Waals surface area contributed by atoms with Crippen LogP contribution in [0.15, 0.2) is 28.7 Å². The zero-order chi connectivity index (χ0) is 14.3. The SMILES string of the molecule is C[N+](C)(C)CC#CCOC(=O)Nc1cccc(Br)c1. The third-order valence-corrected chi connectivity index (χ3v) is 2.52. The fourth-order valence-electron chi connectivity index (χ4n) is 1.17. The van der Waals surface area contributed by atoms with E-state index in [0.29, 0.717) is 5.69 Å². The monoisotopic (exact) mass is 325 g/mol. The number of carbonyl (C=O) groups excluding carboxylic acids is 1. The highest BCUT2D eigenvalue weighted by atomic mass is 79.9. The fourth-order valence-corrected chi connectivity index (χ4v) is 1.57. The predicted molar refractivity (Wildman–Crippen MR) is 79.8 cm³/mol. The van der Waals surface area contributed by atoms with Gasteiger partial charge in [-0.2, -0.15) is 0 Å². The van der Waals surface area contributed by atoms with E-state index in [4.69, 9.17) is 4.74 Å². The largest absolute Gasteiger partial charge is 0.436 e. The van der Waals surface area contributed by atoms with Crippen molar-refractivity contribution in [1.82, 2.24) is 0 Å². The molecule has 0 spiro atoms. The van der Waals surface area contributed by atoms with Gasteiger partial charge in [0.05, 0.1) is 21.1 Å². The molecule has 0 saturated heterocycles. The summed E-state index contributed by atoms with van der Waals surface area (Å²) in [5.41, 5.74) is 0.679. The molecule has 1 N–H and O–H groups in total. The highest BCUT2D eigenvalue weighted by Gasteiger charge is 2.03. The number of carbonyl (C=O) groups is 1. The number of hydrogen-bond acceptors (Lipinski definition) is 2. The molecule has 0 saturated carbocycles. The fraction of sp³-hybridized carbons (Fsp3) is 0.357. The van der Waals surface area contributed by atoms with Crippen LogP contribution in [-0.4, -0.2) is 44.9 Å². The predicted octanol–water partition coefficient (Wildman–Crippen LogP) is 2.71. The molecule has 0 fully saturated rings. The lowest BCUT2D eigenvalue weighted by Gasteiger charge is -2.19. The van der Waals surface area contributed by atoms with Crippen LogP contribution in [0.25, 0.3) is 0 Å². The number of anilines is 1. The van der Waals surface area contributed by atoms with Crippen molar-refractivity contribution < 1.29 is 14.0 Å². The van der Waals surface area contributed by atoms with E-state index in [1.165, 1.54) is 0 Å². The van der Waals surface area contributed by atoms with Gasteiger partial charge in [0.15, 0.2) is 6.61 Å². The second kappa shape index (κ2) is 7.17. The molecule has 0 aliphatic carbocycles. The summed E-state index contributed by atoms with van der Waals surface area (Å²) in [7, 11) is 6.15. The molecule has 102 valence electrons.